The molecule has 2 N–H and O–H groups in total. The molecule has 0 unspecified atom stereocenters. The van der Waals surface area contributed by atoms with Crippen molar-refractivity contribution in [3.05, 3.63) is 52.5 Å². The number of carbonyl (C=O) groups excluding carboxylic acids is 2. The van der Waals surface area contributed by atoms with Crippen molar-refractivity contribution in [1.29, 1.82) is 0 Å². The van der Waals surface area contributed by atoms with Crippen LogP contribution in [0, 0.1) is 6.92 Å². The van der Waals surface area contributed by atoms with E-state index in [1.54, 1.807) is 37.3 Å². The minimum Gasteiger partial charge on any atom is -0.341 e. The molecule has 0 saturated carbocycles. The van der Waals surface area contributed by atoms with Gasteiger partial charge < -0.3 is 10.6 Å². The number of nitrogens with zero attached hydrogens (tertiary/aromatic N) is 3. The van der Waals surface area contributed by atoms with Gasteiger partial charge in [-0.2, -0.15) is 0 Å². The summed E-state index contributed by atoms with van der Waals surface area (Å²) in [4.78, 5) is 25.0. The predicted molar refractivity (Wildman–Crippen MR) is 110 cm³/mol. The summed E-state index contributed by atoms with van der Waals surface area (Å²) in [5.41, 5.74) is 3.46. The van der Waals surface area contributed by atoms with Gasteiger partial charge in [0.05, 0.1) is 5.52 Å². The number of benzene rings is 2. The van der Waals surface area contributed by atoms with Crippen molar-refractivity contribution < 1.29 is 9.59 Å². The summed E-state index contributed by atoms with van der Waals surface area (Å²) in [6.45, 7) is 6.32. The second-order valence-electron chi connectivity index (χ2n) is 6.66. The number of carbonyl (C=O) groups is 2. The summed E-state index contributed by atoms with van der Waals surface area (Å²) >= 11 is 5.93. The van der Waals surface area contributed by atoms with E-state index in [1.165, 1.54) is 0 Å². The van der Waals surface area contributed by atoms with Crippen LogP contribution in [-0.4, -0.2) is 32.9 Å². The van der Waals surface area contributed by atoms with E-state index < -0.39 is 6.04 Å². The SMILES string of the molecule is CCCn1nnc2cc(C(=O)N[C@@H](C)C(=O)Nc3ccc(Cl)cc3C)ccc21. The summed E-state index contributed by atoms with van der Waals surface area (Å²) < 4.78 is 1.81. The molecule has 0 spiro atoms. The lowest BCUT2D eigenvalue weighted by molar-refractivity contribution is -0.117. The van der Waals surface area contributed by atoms with E-state index in [-0.39, 0.29) is 11.8 Å². The molecular weight excluding hydrogens is 378 g/mol. The molecule has 0 fully saturated rings. The van der Waals surface area contributed by atoms with Crippen LogP contribution in [0.4, 0.5) is 5.69 Å². The van der Waals surface area contributed by atoms with Crippen LogP contribution in [0.1, 0.15) is 36.2 Å². The highest BCUT2D eigenvalue weighted by Crippen LogP contribution is 2.20. The summed E-state index contributed by atoms with van der Waals surface area (Å²) in [7, 11) is 0. The molecule has 0 bridgehead atoms. The number of rotatable bonds is 6. The first-order chi connectivity index (χ1) is 13.4. The van der Waals surface area contributed by atoms with Crippen molar-refractivity contribution in [3.63, 3.8) is 0 Å². The molecule has 8 heteroatoms. The molecule has 7 nitrogen and oxygen atoms in total. The monoisotopic (exact) mass is 399 g/mol. The summed E-state index contributed by atoms with van der Waals surface area (Å²) in [6, 6.07) is 9.70. The van der Waals surface area contributed by atoms with E-state index in [4.69, 9.17) is 11.6 Å². The van der Waals surface area contributed by atoms with Gasteiger partial charge in [-0.05, 0) is 62.2 Å². The van der Waals surface area contributed by atoms with Gasteiger partial charge in [-0.15, -0.1) is 5.10 Å². The Balaban J connectivity index is 1.67. The lowest BCUT2D eigenvalue weighted by Gasteiger charge is -2.15. The Labute approximate surface area is 168 Å². The second-order valence-corrected chi connectivity index (χ2v) is 7.10. The molecule has 2 amide bonds. The van der Waals surface area contributed by atoms with Crippen LogP contribution in [0.3, 0.4) is 0 Å². The van der Waals surface area contributed by atoms with Crippen molar-refractivity contribution >= 4 is 40.1 Å². The number of hydrogen-bond donors (Lipinski definition) is 2. The molecule has 1 aromatic heterocycles. The van der Waals surface area contributed by atoms with E-state index >= 15 is 0 Å². The Kier molecular flexibility index (Phi) is 5.94. The number of nitrogens with one attached hydrogen (secondary N) is 2. The first-order valence-electron chi connectivity index (χ1n) is 9.10. The van der Waals surface area contributed by atoms with Gasteiger partial charge in [-0.25, -0.2) is 4.68 Å². The van der Waals surface area contributed by atoms with Gasteiger partial charge >= 0.3 is 0 Å². The fourth-order valence-electron chi connectivity index (χ4n) is 2.84. The number of anilines is 1. The molecule has 1 heterocycles. The van der Waals surface area contributed by atoms with Gasteiger partial charge in [-0.1, -0.05) is 23.7 Å². The van der Waals surface area contributed by atoms with Gasteiger partial charge in [0, 0.05) is 22.8 Å². The number of aromatic nitrogens is 3. The molecule has 0 aliphatic rings. The lowest BCUT2D eigenvalue weighted by atomic mass is 10.1. The zero-order valence-corrected chi connectivity index (χ0v) is 16.7. The van der Waals surface area contributed by atoms with Crippen LogP contribution >= 0.6 is 11.6 Å². The normalized spacial score (nSPS) is 12.0. The molecule has 146 valence electrons. The second kappa shape index (κ2) is 8.39. The maximum atomic E-state index is 12.5. The van der Waals surface area contributed by atoms with Crippen molar-refractivity contribution in [3.8, 4) is 0 Å². The van der Waals surface area contributed by atoms with Gasteiger partial charge in [0.2, 0.25) is 5.91 Å². The van der Waals surface area contributed by atoms with E-state index in [0.717, 1.165) is 24.0 Å². The number of hydrogen-bond acceptors (Lipinski definition) is 4. The first kappa shape index (κ1) is 19.8. The van der Waals surface area contributed by atoms with E-state index in [9.17, 15) is 9.59 Å². The summed E-state index contributed by atoms with van der Waals surface area (Å²) in [5, 5.41) is 14.3. The molecule has 2 aromatic carbocycles. The molecule has 3 rings (SSSR count). The Bertz CT molecular complexity index is 1030. The maximum Gasteiger partial charge on any atom is 0.251 e. The van der Waals surface area contributed by atoms with Gasteiger partial charge in [-0.3, -0.25) is 9.59 Å². The molecule has 0 radical (unpaired) electrons. The summed E-state index contributed by atoms with van der Waals surface area (Å²) in [5.74, 6) is -0.656. The van der Waals surface area contributed by atoms with Crippen LogP contribution in [0.25, 0.3) is 11.0 Å². The quantitative estimate of drug-likeness (QED) is 0.663. The smallest absolute Gasteiger partial charge is 0.251 e. The van der Waals surface area contributed by atoms with Crippen LogP contribution in [0.5, 0.6) is 0 Å². The van der Waals surface area contributed by atoms with Crippen LogP contribution in [-0.2, 0) is 11.3 Å². The third-order valence-electron chi connectivity index (χ3n) is 4.40. The van der Waals surface area contributed by atoms with Crippen LogP contribution in [0.2, 0.25) is 5.02 Å². The van der Waals surface area contributed by atoms with Crippen molar-refractivity contribution in [1.82, 2.24) is 20.3 Å². The standard InChI is InChI=1S/C20H22ClN5O2/c1-4-9-26-18-8-5-14(11-17(18)24-25-26)20(28)22-13(3)19(27)23-16-7-6-15(21)10-12(16)2/h5-8,10-11,13H,4,9H2,1-3H3,(H,22,28)(H,23,27)/t13-/m0/s1. The van der Waals surface area contributed by atoms with Crippen LogP contribution < -0.4 is 10.6 Å². The largest absolute Gasteiger partial charge is 0.341 e. The van der Waals surface area contributed by atoms with Gasteiger partial charge in [0.15, 0.2) is 0 Å². The average Bonchev–Trinajstić information content (AvgIpc) is 3.06. The lowest BCUT2D eigenvalue weighted by Crippen LogP contribution is -2.41. The average molecular weight is 400 g/mol. The molecular formula is C20H22ClN5O2. The maximum absolute atomic E-state index is 12.5. The highest BCUT2D eigenvalue weighted by molar-refractivity contribution is 6.30. The minimum absolute atomic E-state index is 0.311. The third-order valence-corrected chi connectivity index (χ3v) is 4.63. The molecule has 0 aliphatic carbocycles. The van der Waals surface area contributed by atoms with E-state index in [0.29, 0.717) is 21.8 Å². The molecule has 0 aliphatic heterocycles. The number of amides is 2. The summed E-state index contributed by atoms with van der Waals surface area (Å²) in [6.07, 6.45) is 0.945. The topological polar surface area (TPSA) is 88.9 Å². The van der Waals surface area contributed by atoms with Crippen molar-refractivity contribution in [2.24, 2.45) is 0 Å². The Morgan fingerprint density at radius 1 is 1.21 bits per heavy atom. The Hall–Kier alpha value is -2.93. The van der Waals surface area contributed by atoms with E-state index in [1.807, 2.05) is 17.7 Å². The minimum atomic E-state index is -0.714. The molecule has 28 heavy (non-hydrogen) atoms. The van der Waals surface area contributed by atoms with Crippen molar-refractivity contribution in [2.45, 2.75) is 39.8 Å². The van der Waals surface area contributed by atoms with E-state index in [2.05, 4.69) is 27.9 Å². The fourth-order valence-corrected chi connectivity index (χ4v) is 3.07. The Morgan fingerprint density at radius 2 is 2.00 bits per heavy atom. The van der Waals surface area contributed by atoms with Crippen molar-refractivity contribution in [2.75, 3.05) is 5.32 Å². The molecule has 1 atom stereocenters. The van der Waals surface area contributed by atoms with Crippen LogP contribution in [0.15, 0.2) is 36.4 Å². The zero-order chi connectivity index (χ0) is 20.3. The number of aryl methyl sites for hydroxylation is 2. The number of halogens is 1. The predicted octanol–water partition coefficient (Wildman–Crippen LogP) is 3.56. The van der Waals surface area contributed by atoms with Gasteiger partial charge in [0.1, 0.15) is 11.6 Å². The Morgan fingerprint density at radius 3 is 2.71 bits per heavy atom. The first-order valence-corrected chi connectivity index (χ1v) is 9.48. The van der Waals surface area contributed by atoms with Gasteiger partial charge in [0.25, 0.3) is 5.91 Å². The molecule has 0 saturated heterocycles. The highest BCUT2D eigenvalue weighted by Gasteiger charge is 2.18. The molecule has 3 aromatic rings. The number of fused-ring (bicyclic) bond motifs is 1. The highest BCUT2D eigenvalue weighted by atomic mass is 35.5. The zero-order valence-electron chi connectivity index (χ0n) is 16.0. The third kappa shape index (κ3) is 4.31. The fraction of sp³-hybridized carbons (Fsp3) is 0.300.